The van der Waals surface area contributed by atoms with E-state index >= 15 is 0 Å². The van der Waals surface area contributed by atoms with Gasteiger partial charge in [-0.25, -0.2) is 5.43 Å². The molecule has 1 amide bonds. The quantitative estimate of drug-likeness (QED) is 0.329. The van der Waals surface area contributed by atoms with Crippen LogP contribution in [-0.2, 0) is 11.3 Å². The third-order valence-corrected chi connectivity index (χ3v) is 5.63. The second kappa shape index (κ2) is 9.52. The van der Waals surface area contributed by atoms with Gasteiger partial charge in [0.25, 0.3) is 5.91 Å². The average molecular weight is 426 g/mol. The average Bonchev–Trinajstić information content (AvgIpc) is 3.14. The monoisotopic (exact) mass is 425 g/mol. The fourth-order valence-corrected chi connectivity index (χ4v) is 3.78. The minimum absolute atomic E-state index is 0.0851. The summed E-state index contributed by atoms with van der Waals surface area (Å²) in [5.74, 6) is 0.461. The molecule has 1 heterocycles. The van der Waals surface area contributed by atoms with Gasteiger partial charge in [-0.3, -0.25) is 4.79 Å². The lowest BCUT2D eigenvalue weighted by molar-refractivity contribution is -0.123. The van der Waals surface area contributed by atoms with Crippen LogP contribution in [0.2, 0.25) is 0 Å². The van der Waals surface area contributed by atoms with Crippen LogP contribution in [0.25, 0.3) is 10.9 Å². The van der Waals surface area contributed by atoms with Gasteiger partial charge >= 0.3 is 0 Å². The van der Waals surface area contributed by atoms with E-state index in [9.17, 15) is 4.79 Å². The van der Waals surface area contributed by atoms with E-state index in [4.69, 9.17) is 4.74 Å². The Balaban J connectivity index is 1.44. The summed E-state index contributed by atoms with van der Waals surface area (Å²) in [6.45, 7) is 6.69. The van der Waals surface area contributed by atoms with Gasteiger partial charge in [-0.1, -0.05) is 60.7 Å². The van der Waals surface area contributed by atoms with Gasteiger partial charge in [0.1, 0.15) is 5.75 Å². The number of aromatic nitrogens is 1. The number of hydrogen-bond donors (Lipinski definition) is 1. The lowest BCUT2D eigenvalue weighted by atomic mass is 10.1. The van der Waals surface area contributed by atoms with E-state index in [0.717, 1.165) is 45.5 Å². The van der Waals surface area contributed by atoms with Crippen molar-refractivity contribution in [2.75, 3.05) is 6.61 Å². The van der Waals surface area contributed by atoms with Crippen molar-refractivity contribution in [2.45, 2.75) is 27.3 Å². The molecule has 5 nitrogen and oxygen atoms in total. The SMILES string of the molecule is Cc1ccc(C)c(OCC(=O)N/N=C\c2cn(Cc3ccccc3)c3ccccc23)c1C. The van der Waals surface area contributed by atoms with Gasteiger partial charge in [-0.15, -0.1) is 0 Å². The standard InChI is InChI=1S/C27H27N3O2/c1-19-13-14-20(2)27(21(19)3)32-18-26(31)29-28-15-23-17-30(16-22-9-5-4-6-10-22)25-12-8-7-11-24(23)25/h4-15,17H,16,18H2,1-3H3,(H,29,31)/b28-15-. The first-order valence-corrected chi connectivity index (χ1v) is 10.7. The predicted octanol–water partition coefficient (Wildman–Crippen LogP) is 5.14. The molecule has 0 aliphatic heterocycles. The molecule has 4 aromatic rings. The van der Waals surface area contributed by atoms with Crippen LogP contribution in [0.5, 0.6) is 5.75 Å². The number of rotatable bonds is 7. The second-order valence-corrected chi connectivity index (χ2v) is 7.95. The highest BCUT2D eigenvalue weighted by Crippen LogP contribution is 2.25. The van der Waals surface area contributed by atoms with Gasteiger partial charge in [0.05, 0.1) is 6.21 Å². The van der Waals surface area contributed by atoms with Crippen molar-refractivity contribution in [1.29, 1.82) is 0 Å². The van der Waals surface area contributed by atoms with E-state index in [1.54, 1.807) is 6.21 Å². The van der Waals surface area contributed by atoms with Gasteiger partial charge in [0.15, 0.2) is 6.61 Å². The first-order valence-electron chi connectivity index (χ1n) is 10.7. The largest absolute Gasteiger partial charge is 0.483 e. The van der Waals surface area contributed by atoms with Crippen molar-refractivity contribution < 1.29 is 9.53 Å². The minimum Gasteiger partial charge on any atom is -0.483 e. The van der Waals surface area contributed by atoms with Crippen LogP contribution in [0, 0.1) is 20.8 Å². The number of para-hydroxylation sites is 1. The normalized spacial score (nSPS) is 11.2. The van der Waals surface area contributed by atoms with Gasteiger partial charge in [0.2, 0.25) is 0 Å². The molecule has 0 saturated heterocycles. The molecule has 0 atom stereocenters. The first kappa shape index (κ1) is 21.4. The molecule has 0 spiro atoms. The Hall–Kier alpha value is -3.86. The molecule has 0 unspecified atom stereocenters. The van der Waals surface area contributed by atoms with Crippen molar-refractivity contribution in [3.63, 3.8) is 0 Å². The van der Waals surface area contributed by atoms with E-state index in [1.165, 1.54) is 5.56 Å². The highest BCUT2D eigenvalue weighted by Gasteiger charge is 2.10. The van der Waals surface area contributed by atoms with Crippen LogP contribution in [0.3, 0.4) is 0 Å². The van der Waals surface area contributed by atoms with Crippen molar-refractivity contribution in [3.8, 4) is 5.75 Å². The number of fused-ring (bicyclic) bond motifs is 1. The summed E-state index contributed by atoms with van der Waals surface area (Å²) in [7, 11) is 0. The molecule has 0 bridgehead atoms. The maximum atomic E-state index is 12.3. The lowest BCUT2D eigenvalue weighted by Gasteiger charge is -2.13. The van der Waals surface area contributed by atoms with Crippen molar-refractivity contribution in [2.24, 2.45) is 5.10 Å². The number of ether oxygens (including phenoxy) is 1. The molecule has 5 heteroatoms. The van der Waals surface area contributed by atoms with Crippen LogP contribution in [0.4, 0.5) is 0 Å². The van der Waals surface area contributed by atoms with E-state index in [1.807, 2.05) is 57.2 Å². The highest BCUT2D eigenvalue weighted by molar-refractivity contribution is 5.99. The molecular formula is C27H27N3O2. The van der Waals surface area contributed by atoms with Gasteiger partial charge in [-0.05, 0) is 49.1 Å². The molecule has 0 aliphatic rings. The number of nitrogens with zero attached hydrogens (tertiary/aromatic N) is 2. The number of carbonyl (C=O) groups is 1. The number of nitrogens with one attached hydrogen (secondary N) is 1. The fraction of sp³-hybridized carbons (Fsp3) is 0.185. The van der Waals surface area contributed by atoms with E-state index in [2.05, 4.69) is 51.6 Å². The molecule has 3 aromatic carbocycles. The molecular weight excluding hydrogens is 398 g/mol. The number of aryl methyl sites for hydroxylation is 2. The first-order chi connectivity index (χ1) is 15.5. The van der Waals surface area contributed by atoms with Crippen molar-refractivity contribution in [1.82, 2.24) is 9.99 Å². The summed E-state index contributed by atoms with van der Waals surface area (Å²) in [6, 6.07) is 22.6. The number of hydrogen-bond acceptors (Lipinski definition) is 3. The zero-order valence-electron chi connectivity index (χ0n) is 18.6. The molecule has 0 radical (unpaired) electrons. The lowest BCUT2D eigenvalue weighted by Crippen LogP contribution is -2.25. The van der Waals surface area contributed by atoms with Gasteiger partial charge in [0, 0.05) is 29.2 Å². The van der Waals surface area contributed by atoms with Crippen LogP contribution in [-0.4, -0.2) is 23.3 Å². The fourth-order valence-electron chi connectivity index (χ4n) is 3.78. The predicted molar refractivity (Wildman–Crippen MR) is 129 cm³/mol. The van der Waals surface area contributed by atoms with Crippen LogP contribution >= 0.6 is 0 Å². The zero-order chi connectivity index (χ0) is 22.5. The number of carbonyl (C=O) groups excluding carboxylic acids is 1. The number of hydrazone groups is 1. The molecule has 0 saturated carbocycles. The summed E-state index contributed by atoms with van der Waals surface area (Å²) < 4.78 is 7.96. The molecule has 1 N–H and O–H groups in total. The third kappa shape index (κ3) is 4.72. The van der Waals surface area contributed by atoms with Crippen LogP contribution in [0.15, 0.2) is 78.0 Å². The van der Waals surface area contributed by atoms with E-state index in [0.29, 0.717) is 0 Å². The Labute approximate surface area is 188 Å². The Kier molecular flexibility index (Phi) is 6.36. The number of amides is 1. The zero-order valence-corrected chi connectivity index (χ0v) is 18.6. The minimum atomic E-state index is -0.297. The molecule has 32 heavy (non-hydrogen) atoms. The van der Waals surface area contributed by atoms with Crippen LogP contribution in [0.1, 0.15) is 27.8 Å². The molecule has 4 rings (SSSR count). The summed E-state index contributed by atoms with van der Waals surface area (Å²) in [5.41, 5.74) is 9.06. The Morgan fingerprint density at radius 2 is 1.69 bits per heavy atom. The highest BCUT2D eigenvalue weighted by atomic mass is 16.5. The summed E-state index contributed by atoms with van der Waals surface area (Å²) in [4.78, 5) is 12.3. The van der Waals surface area contributed by atoms with Gasteiger partial charge < -0.3 is 9.30 Å². The Morgan fingerprint density at radius 1 is 0.969 bits per heavy atom. The smallest absolute Gasteiger partial charge is 0.277 e. The van der Waals surface area contributed by atoms with Gasteiger partial charge in [-0.2, -0.15) is 5.10 Å². The molecule has 0 aliphatic carbocycles. The summed E-state index contributed by atoms with van der Waals surface area (Å²) in [6.07, 6.45) is 3.74. The molecule has 1 aromatic heterocycles. The maximum absolute atomic E-state index is 12.3. The summed E-state index contributed by atoms with van der Waals surface area (Å²) >= 11 is 0. The van der Waals surface area contributed by atoms with Crippen LogP contribution < -0.4 is 10.2 Å². The molecule has 162 valence electrons. The summed E-state index contributed by atoms with van der Waals surface area (Å²) in [5, 5.41) is 5.26. The van der Waals surface area contributed by atoms with E-state index in [-0.39, 0.29) is 12.5 Å². The van der Waals surface area contributed by atoms with Crippen molar-refractivity contribution in [3.05, 3.63) is 101 Å². The number of benzene rings is 3. The second-order valence-electron chi connectivity index (χ2n) is 7.95. The topological polar surface area (TPSA) is 55.6 Å². The maximum Gasteiger partial charge on any atom is 0.277 e. The molecule has 0 fully saturated rings. The Morgan fingerprint density at radius 3 is 2.50 bits per heavy atom. The Bertz CT molecular complexity index is 1270. The van der Waals surface area contributed by atoms with E-state index < -0.39 is 0 Å². The third-order valence-electron chi connectivity index (χ3n) is 5.63. The van der Waals surface area contributed by atoms with Crippen molar-refractivity contribution >= 4 is 23.0 Å².